The van der Waals surface area contributed by atoms with Crippen LogP contribution in [0, 0.1) is 17.3 Å². The minimum absolute atomic E-state index is 0.0335. The molecular formula is C26H33NO7. The Bertz CT molecular complexity index is 999. The Morgan fingerprint density at radius 1 is 1.18 bits per heavy atom. The minimum Gasteiger partial charge on any atom is -0.504 e. The predicted octanol–water partition coefficient (Wildman–Crippen LogP) is 1.97. The highest BCUT2D eigenvalue weighted by molar-refractivity contribution is 6.12. The molecule has 3 N–H and O–H groups in total. The smallest absolute Gasteiger partial charge is 0.340 e. The van der Waals surface area contributed by atoms with Crippen molar-refractivity contribution >= 4 is 11.8 Å². The first-order valence-electron chi connectivity index (χ1n) is 11.6. The molecular weight excluding hydrogens is 438 g/mol. The zero-order valence-corrected chi connectivity index (χ0v) is 19.7. The normalized spacial score (nSPS) is 36.1. The van der Waals surface area contributed by atoms with Gasteiger partial charge in [-0.15, -0.1) is 13.2 Å². The van der Waals surface area contributed by atoms with E-state index in [-0.39, 0.29) is 30.1 Å². The fourth-order valence-electron chi connectivity index (χ4n) is 6.26. The van der Waals surface area contributed by atoms with Crippen LogP contribution in [0.5, 0.6) is 0 Å². The van der Waals surface area contributed by atoms with Crippen molar-refractivity contribution in [2.75, 3.05) is 26.8 Å². The number of nitrogens with zero attached hydrogens (tertiary/aromatic N) is 1. The van der Waals surface area contributed by atoms with Gasteiger partial charge in [0.2, 0.25) is 5.78 Å². The third kappa shape index (κ3) is 3.65. The fraction of sp³-hybridized carbons (Fsp3) is 0.538. The Morgan fingerprint density at radius 3 is 2.47 bits per heavy atom. The number of allylic oxidation sites excluding steroid dienone is 1. The number of hydrogen-bond acceptors (Lipinski definition) is 8. The maximum atomic E-state index is 13.6. The standard InChI is InChI=1S/C26H33NO7/c1-5-9-27(10-6-2)12-14-19-22(17(13-33-4)34-25(14)32)21-16(28)11-26(3)15(7-8-18(26)29)20(21)24(31)23(19)30/h5-6,12,15-18,22,28-30H,1-2,7-11,13H2,3-4H3/b14-12-/t15?,16-,17-,18?,22?,26+/m1/s1. The molecule has 3 aliphatic carbocycles. The molecule has 0 bridgehead atoms. The second-order valence-corrected chi connectivity index (χ2v) is 9.78. The molecule has 1 saturated heterocycles. The lowest BCUT2D eigenvalue weighted by Crippen LogP contribution is -2.51. The molecule has 6 atom stereocenters. The van der Waals surface area contributed by atoms with Crippen molar-refractivity contribution in [1.29, 1.82) is 0 Å². The van der Waals surface area contributed by atoms with Gasteiger partial charge in [0.25, 0.3) is 0 Å². The van der Waals surface area contributed by atoms with Crippen LogP contribution in [0.15, 0.2) is 59.6 Å². The van der Waals surface area contributed by atoms with Crippen molar-refractivity contribution < 1.29 is 34.4 Å². The molecule has 3 unspecified atom stereocenters. The Labute approximate surface area is 199 Å². The van der Waals surface area contributed by atoms with Crippen molar-refractivity contribution in [1.82, 2.24) is 4.90 Å². The van der Waals surface area contributed by atoms with E-state index in [4.69, 9.17) is 9.47 Å². The molecule has 1 aliphatic heterocycles. The average Bonchev–Trinajstić information content (AvgIpc) is 3.07. The number of ketones is 1. The highest BCUT2D eigenvalue weighted by Crippen LogP contribution is 2.59. The number of ether oxygens (including phenoxy) is 2. The largest absolute Gasteiger partial charge is 0.504 e. The molecule has 1 saturated carbocycles. The van der Waals surface area contributed by atoms with Crippen LogP contribution in [-0.2, 0) is 19.1 Å². The highest BCUT2D eigenvalue weighted by Gasteiger charge is 2.59. The number of aliphatic hydroxyl groups is 3. The van der Waals surface area contributed by atoms with Gasteiger partial charge in [-0.2, -0.15) is 0 Å². The lowest BCUT2D eigenvalue weighted by molar-refractivity contribution is -0.152. The molecule has 0 aromatic rings. The maximum absolute atomic E-state index is 13.6. The summed E-state index contributed by atoms with van der Waals surface area (Å²) in [5.41, 5.74) is 0.356. The second kappa shape index (κ2) is 9.17. The first-order valence-corrected chi connectivity index (χ1v) is 11.6. The Kier molecular flexibility index (Phi) is 6.59. The van der Waals surface area contributed by atoms with Gasteiger partial charge in [0.1, 0.15) is 6.10 Å². The number of methoxy groups -OCH3 is 1. The van der Waals surface area contributed by atoms with E-state index >= 15 is 0 Å². The number of cyclic esters (lactones) is 1. The number of rotatable bonds is 7. The summed E-state index contributed by atoms with van der Waals surface area (Å²) >= 11 is 0. The molecule has 34 heavy (non-hydrogen) atoms. The van der Waals surface area contributed by atoms with Gasteiger partial charge in [-0.25, -0.2) is 4.79 Å². The van der Waals surface area contributed by atoms with Gasteiger partial charge in [0.15, 0.2) is 5.76 Å². The molecule has 8 nitrogen and oxygen atoms in total. The van der Waals surface area contributed by atoms with Gasteiger partial charge in [0, 0.05) is 43.0 Å². The van der Waals surface area contributed by atoms with Crippen LogP contribution in [0.4, 0.5) is 0 Å². The molecule has 4 rings (SSSR count). The van der Waals surface area contributed by atoms with Crippen molar-refractivity contribution in [3.63, 3.8) is 0 Å². The van der Waals surface area contributed by atoms with Crippen molar-refractivity contribution in [3.05, 3.63) is 59.6 Å². The summed E-state index contributed by atoms with van der Waals surface area (Å²) in [4.78, 5) is 28.4. The number of hydrogen-bond donors (Lipinski definition) is 3. The minimum atomic E-state index is -1.03. The highest BCUT2D eigenvalue weighted by atomic mass is 16.6. The molecule has 0 aromatic heterocycles. The van der Waals surface area contributed by atoms with Crippen molar-refractivity contribution in [2.45, 2.75) is 44.5 Å². The zero-order chi connectivity index (χ0) is 24.8. The first kappa shape index (κ1) is 24.4. The zero-order valence-electron chi connectivity index (χ0n) is 19.7. The summed E-state index contributed by atoms with van der Waals surface area (Å²) in [6, 6.07) is 0. The van der Waals surface area contributed by atoms with Crippen LogP contribution in [0.3, 0.4) is 0 Å². The van der Waals surface area contributed by atoms with Gasteiger partial charge in [-0.05, 0) is 30.8 Å². The van der Waals surface area contributed by atoms with Gasteiger partial charge in [0.05, 0.1) is 30.3 Å². The first-order chi connectivity index (χ1) is 16.2. The number of carbonyl (C=O) groups excluding carboxylic acids is 2. The van der Waals surface area contributed by atoms with Crippen LogP contribution in [0.25, 0.3) is 0 Å². The van der Waals surface area contributed by atoms with E-state index < -0.39 is 47.2 Å². The van der Waals surface area contributed by atoms with Gasteiger partial charge < -0.3 is 29.7 Å². The molecule has 8 heteroatoms. The summed E-state index contributed by atoms with van der Waals surface area (Å²) in [5, 5.41) is 33.2. The van der Waals surface area contributed by atoms with Gasteiger partial charge in [-0.1, -0.05) is 19.1 Å². The van der Waals surface area contributed by atoms with E-state index in [1.165, 1.54) is 7.11 Å². The maximum Gasteiger partial charge on any atom is 0.340 e. The fourth-order valence-corrected chi connectivity index (χ4v) is 6.26. The van der Waals surface area contributed by atoms with E-state index in [9.17, 15) is 24.9 Å². The van der Waals surface area contributed by atoms with Gasteiger partial charge in [-0.3, -0.25) is 4.79 Å². The summed E-state index contributed by atoms with van der Waals surface area (Å²) in [6.07, 6.45) is 3.75. The number of carbonyl (C=O) groups is 2. The quantitative estimate of drug-likeness (QED) is 0.293. The number of Topliss-reactive ketones (excluding diaryl/α,β-unsaturated/α-hetero) is 1. The van der Waals surface area contributed by atoms with Crippen LogP contribution in [0.1, 0.15) is 26.2 Å². The average molecular weight is 472 g/mol. The third-order valence-electron chi connectivity index (χ3n) is 7.81. The molecule has 2 fully saturated rings. The van der Waals surface area contributed by atoms with E-state index in [1.807, 2.05) is 6.92 Å². The number of esters is 1. The Hall–Kier alpha value is -2.68. The molecule has 4 aliphatic rings. The lowest BCUT2D eigenvalue weighted by Gasteiger charge is -2.48. The number of aliphatic hydroxyl groups excluding tert-OH is 3. The van der Waals surface area contributed by atoms with Crippen LogP contribution >= 0.6 is 0 Å². The molecule has 1 heterocycles. The van der Waals surface area contributed by atoms with E-state index in [2.05, 4.69) is 13.2 Å². The second-order valence-electron chi connectivity index (χ2n) is 9.78. The number of fused-ring (bicyclic) bond motifs is 4. The third-order valence-corrected chi connectivity index (χ3v) is 7.81. The van der Waals surface area contributed by atoms with E-state index in [1.54, 1.807) is 23.3 Å². The molecule has 0 spiro atoms. The van der Waals surface area contributed by atoms with Crippen LogP contribution in [0.2, 0.25) is 0 Å². The SMILES string of the molecule is C=CCN(/C=C1\C(=O)O[C@H](COC)C2C1=C(O)C(=O)C1=C2[C@H](O)C[C@]2(C)C(O)CCC12)CC=C. The summed E-state index contributed by atoms with van der Waals surface area (Å²) in [6.45, 7) is 10.2. The van der Waals surface area contributed by atoms with Gasteiger partial charge >= 0.3 is 5.97 Å². The Morgan fingerprint density at radius 2 is 1.85 bits per heavy atom. The van der Waals surface area contributed by atoms with Crippen LogP contribution < -0.4 is 0 Å². The summed E-state index contributed by atoms with van der Waals surface area (Å²) in [7, 11) is 1.48. The lowest BCUT2D eigenvalue weighted by atomic mass is 9.58. The molecule has 0 radical (unpaired) electrons. The van der Waals surface area contributed by atoms with Crippen molar-refractivity contribution in [3.8, 4) is 0 Å². The molecule has 184 valence electrons. The van der Waals surface area contributed by atoms with E-state index in [0.717, 1.165) is 0 Å². The molecule has 0 aromatic carbocycles. The monoisotopic (exact) mass is 471 g/mol. The predicted molar refractivity (Wildman–Crippen MR) is 124 cm³/mol. The van der Waals surface area contributed by atoms with Crippen molar-refractivity contribution in [2.24, 2.45) is 17.3 Å². The van der Waals surface area contributed by atoms with E-state index in [0.29, 0.717) is 37.1 Å². The topological polar surface area (TPSA) is 117 Å². The summed E-state index contributed by atoms with van der Waals surface area (Å²) < 4.78 is 11.0. The van der Waals surface area contributed by atoms with Crippen LogP contribution in [-0.4, -0.2) is 77.1 Å². The Balaban J connectivity index is 1.90. The molecule has 0 amide bonds. The summed E-state index contributed by atoms with van der Waals surface area (Å²) in [5.74, 6) is -2.82.